The fourth-order valence-electron chi connectivity index (χ4n) is 6.36. The van der Waals surface area contributed by atoms with Gasteiger partial charge in [-0.2, -0.15) is 0 Å². The first-order valence-electron chi connectivity index (χ1n) is 13.8. The Bertz CT molecular complexity index is 1170. The van der Waals surface area contributed by atoms with E-state index in [2.05, 4.69) is 45.2 Å². The molecule has 192 valence electrons. The number of H-pyrrole nitrogens is 1. The zero-order chi connectivity index (χ0) is 25.1. The van der Waals surface area contributed by atoms with Crippen molar-refractivity contribution >= 4 is 11.6 Å². The summed E-state index contributed by atoms with van der Waals surface area (Å²) in [6.45, 7) is 7.86. The van der Waals surface area contributed by atoms with Gasteiger partial charge in [-0.1, -0.05) is 18.2 Å². The summed E-state index contributed by atoms with van der Waals surface area (Å²) < 4.78 is 0. The number of pyridine rings is 1. The molecule has 6 nitrogen and oxygen atoms in total. The topological polar surface area (TPSA) is 68.4 Å². The number of aryl methyl sites for hydroxylation is 2. The van der Waals surface area contributed by atoms with Gasteiger partial charge < -0.3 is 20.1 Å². The molecule has 2 fully saturated rings. The summed E-state index contributed by atoms with van der Waals surface area (Å²) in [7, 11) is 0. The summed E-state index contributed by atoms with van der Waals surface area (Å²) >= 11 is 0. The maximum Gasteiger partial charge on any atom is 0.253 e. The van der Waals surface area contributed by atoms with Crippen molar-refractivity contribution in [3.05, 3.63) is 74.7 Å². The van der Waals surface area contributed by atoms with E-state index >= 15 is 0 Å². The average Bonchev–Trinajstić information content (AvgIpc) is 2.83. The van der Waals surface area contributed by atoms with Crippen LogP contribution in [0.4, 0.5) is 5.69 Å². The third kappa shape index (κ3) is 5.15. The molecule has 1 aromatic heterocycles. The molecule has 1 saturated heterocycles. The molecular formula is C30H40N4O2. The lowest BCUT2D eigenvalue weighted by atomic mass is 9.87. The Labute approximate surface area is 214 Å². The van der Waals surface area contributed by atoms with Crippen LogP contribution in [-0.4, -0.2) is 47.5 Å². The summed E-state index contributed by atoms with van der Waals surface area (Å²) in [5, 5.41) is 3.06. The van der Waals surface area contributed by atoms with Crippen molar-refractivity contribution in [3.8, 4) is 0 Å². The molecule has 0 radical (unpaired) electrons. The minimum absolute atomic E-state index is 0.105. The molecule has 1 saturated carbocycles. The quantitative estimate of drug-likeness (QED) is 0.622. The van der Waals surface area contributed by atoms with E-state index in [0.717, 1.165) is 54.2 Å². The number of carbonyl (C=O) groups excluding carboxylic acids is 1. The maximum absolute atomic E-state index is 13.4. The van der Waals surface area contributed by atoms with Crippen molar-refractivity contribution < 1.29 is 4.79 Å². The van der Waals surface area contributed by atoms with Crippen LogP contribution in [0, 0.1) is 6.92 Å². The zero-order valence-corrected chi connectivity index (χ0v) is 21.8. The summed E-state index contributed by atoms with van der Waals surface area (Å²) in [6, 6.07) is 9.45. The number of benzene rings is 1. The molecule has 1 aromatic carbocycles. The zero-order valence-electron chi connectivity index (χ0n) is 21.8. The van der Waals surface area contributed by atoms with E-state index in [9.17, 15) is 9.59 Å². The number of aromatic amines is 1. The Morgan fingerprint density at radius 2 is 1.86 bits per heavy atom. The molecule has 3 aliphatic rings. The van der Waals surface area contributed by atoms with Gasteiger partial charge in [-0.15, -0.1) is 0 Å². The number of hydrogen-bond donors (Lipinski definition) is 2. The fourth-order valence-corrected chi connectivity index (χ4v) is 6.36. The average molecular weight is 489 g/mol. The summed E-state index contributed by atoms with van der Waals surface area (Å²) in [4.78, 5) is 34.2. The van der Waals surface area contributed by atoms with Crippen molar-refractivity contribution in [2.45, 2.75) is 83.8 Å². The monoisotopic (exact) mass is 488 g/mol. The first-order chi connectivity index (χ1) is 17.5. The first-order valence-corrected chi connectivity index (χ1v) is 13.8. The highest BCUT2D eigenvalue weighted by Crippen LogP contribution is 2.34. The SMILES string of the molecule is CCN(c1cccc2c1CC=CCCc1cc(C)[nH]c(=O)c1CNC2=O)[C@H]1CC[C@H](N2CCC2)CC1. The van der Waals surface area contributed by atoms with E-state index in [1.54, 1.807) is 0 Å². The lowest BCUT2D eigenvalue weighted by Crippen LogP contribution is -2.49. The van der Waals surface area contributed by atoms with Crippen molar-refractivity contribution in [2.75, 3.05) is 24.5 Å². The molecule has 5 rings (SSSR count). The third-order valence-electron chi connectivity index (χ3n) is 8.42. The molecule has 0 atom stereocenters. The van der Waals surface area contributed by atoms with Crippen molar-refractivity contribution in [1.82, 2.24) is 15.2 Å². The van der Waals surface area contributed by atoms with Gasteiger partial charge in [-0.25, -0.2) is 0 Å². The minimum atomic E-state index is -0.107. The molecule has 2 N–H and O–H groups in total. The van der Waals surface area contributed by atoms with Crippen LogP contribution in [0.3, 0.4) is 0 Å². The van der Waals surface area contributed by atoms with Crippen molar-refractivity contribution in [2.24, 2.45) is 0 Å². The molecule has 0 bridgehead atoms. The van der Waals surface area contributed by atoms with E-state index < -0.39 is 0 Å². The van der Waals surface area contributed by atoms with Gasteiger partial charge in [0.25, 0.3) is 11.5 Å². The van der Waals surface area contributed by atoms with Crippen LogP contribution < -0.4 is 15.8 Å². The number of allylic oxidation sites excluding steroid dienone is 2. The van der Waals surface area contributed by atoms with Crippen LogP contribution in [0.5, 0.6) is 0 Å². The second-order valence-electron chi connectivity index (χ2n) is 10.6. The Hall–Kier alpha value is -2.86. The Morgan fingerprint density at radius 3 is 2.58 bits per heavy atom. The third-order valence-corrected chi connectivity index (χ3v) is 8.42. The number of anilines is 1. The van der Waals surface area contributed by atoms with Crippen molar-refractivity contribution in [1.29, 1.82) is 0 Å². The number of fused-ring (bicyclic) bond motifs is 2. The molecule has 2 aromatic rings. The smallest absolute Gasteiger partial charge is 0.253 e. The molecule has 6 heteroatoms. The molecule has 3 heterocycles. The van der Waals surface area contributed by atoms with Crippen molar-refractivity contribution in [3.63, 3.8) is 0 Å². The Morgan fingerprint density at radius 1 is 1.06 bits per heavy atom. The van der Waals surface area contributed by atoms with Crippen LogP contribution >= 0.6 is 0 Å². The molecule has 0 spiro atoms. The normalized spacial score (nSPS) is 22.9. The van der Waals surface area contributed by atoms with Gasteiger partial charge in [-0.05, 0) is 108 Å². The number of rotatable bonds is 4. The lowest BCUT2D eigenvalue weighted by molar-refractivity contribution is 0.0866. The molecule has 36 heavy (non-hydrogen) atoms. The largest absolute Gasteiger partial charge is 0.369 e. The molecular weight excluding hydrogens is 448 g/mol. The molecule has 1 amide bonds. The van der Waals surface area contributed by atoms with Gasteiger partial charge in [0.05, 0.1) is 0 Å². The van der Waals surface area contributed by atoms with E-state index in [4.69, 9.17) is 0 Å². The summed E-state index contributed by atoms with van der Waals surface area (Å²) in [6.07, 6.45) is 13.1. The van der Waals surface area contributed by atoms with E-state index in [1.165, 1.54) is 50.9 Å². The van der Waals surface area contributed by atoms with E-state index in [-0.39, 0.29) is 18.0 Å². The van der Waals surface area contributed by atoms with Gasteiger partial charge in [0.2, 0.25) is 0 Å². The number of hydrogen-bond acceptors (Lipinski definition) is 4. The standard InChI is InChI=1S/C30H40N4O2/c1-3-34(24-15-13-23(14-16-24)33-17-8-18-33)28-12-7-11-26-25(28)10-6-4-5-9-22-19-21(2)32-30(36)27(22)20-31-29(26)35/h4,6-7,11-12,19,23-24H,3,5,8-10,13-18,20H2,1-2H3,(H,31,35)(H,32,36)/t23-,24-. The van der Waals surface area contributed by atoms with Gasteiger partial charge in [0, 0.05) is 47.7 Å². The predicted molar refractivity (Wildman–Crippen MR) is 146 cm³/mol. The molecule has 1 aliphatic carbocycles. The Balaban J connectivity index is 1.41. The second-order valence-corrected chi connectivity index (χ2v) is 10.6. The first kappa shape index (κ1) is 24.8. The number of nitrogens with zero attached hydrogens (tertiary/aromatic N) is 2. The van der Waals surface area contributed by atoms with Crippen LogP contribution in [0.2, 0.25) is 0 Å². The second kappa shape index (κ2) is 11.0. The van der Waals surface area contributed by atoms with Crippen LogP contribution in [0.15, 0.2) is 41.2 Å². The number of likely N-dealkylation sites (tertiary alicyclic amines) is 1. The van der Waals surface area contributed by atoms with E-state index in [0.29, 0.717) is 11.6 Å². The van der Waals surface area contributed by atoms with E-state index in [1.807, 2.05) is 25.1 Å². The van der Waals surface area contributed by atoms with Gasteiger partial charge in [0.1, 0.15) is 0 Å². The maximum atomic E-state index is 13.4. The summed E-state index contributed by atoms with van der Waals surface area (Å²) in [5.41, 5.74) is 5.43. The number of amides is 1. The number of aromatic nitrogens is 1. The highest BCUT2D eigenvalue weighted by molar-refractivity contribution is 5.97. The van der Waals surface area contributed by atoms with Gasteiger partial charge >= 0.3 is 0 Å². The van der Waals surface area contributed by atoms with Crippen LogP contribution in [-0.2, 0) is 19.4 Å². The molecule has 2 aliphatic heterocycles. The van der Waals surface area contributed by atoms with Gasteiger partial charge in [-0.3, -0.25) is 9.59 Å². The number of nitrogens with one attached hydrogen (secondary N) is 2. The fraction of sp³-hybridized carbons (Fsp3) is 0.533. The Kier molecular flexibility index (Phi) is 7.61. The number of carbonyl (C=O) groups is 1. The molecule has 0 unspecified atom stereocenters. The predicted octanol–water partition coefficient (Wildman–Crippen LogP) is 4.50. The highest BCUT2D eigenvalue weighted by atomic mass is 16.1. The van der Waals surface area contributed by atoms with Crippen LogP contribution in [0.1, 0.15) is 78.2 Å². The minimum Gasteiger partial charge on any atom is -0.369 e. The summed E-state index contributed by atoms with van der Waals surface area (Å²) in [5.74, 6) is -0.107. The van der Waals surface area contributed by atoms with Crippen LogP contribution in [0.25, 0.3) is 0 Å². The highest BCUT2D eigenvalue weighted by Gasteiger charge is 2.32. The van der Waals surface area contributed by atoms with Gasteiger partial charge in [0.15, 0.2) is 0 Å². The lowest BCUT2D eigenvalue weighted by Gasteiger charge is -2.45.